The van der Waals surface area contributed by atoms with Gasteiger partial charge in [-0.1, -0.05) is 18.2 Å². The van der Waals surface area contributed by atoms with E-state index in [0.717, 1.165) is 0 Å². The third kappa shape index (κ3) is 2.34. The van der Waals surface area contributed by atoms with Crippen LogP contribution < -0.4 is 15.4 Å². The van der Waals surface area contributed by atoms with Crippen LogP contribution in [-0.4, -0.2) is 13.0 Å². The Labute approximate surface area is 127 Å². The van der Waals surface area contributed by atoms with Gasteiger partial charge in [-0.3, -0.25) is 9.69 Å². The number of nitrogens with two attached hydrogens (primary N) is 1. The fraction of sp³-hybridized carbons (Fsp3) is 0.133. The van der Waals surface area contributed by atoms with Crippen LogP contribution in [0.25, 0.3) is 0 Å². The van der Waals surface area contributed by atoms with Gasteiger partial charge in [-0.05, 0) is 18.2 Å². The molecule has 3 rings (SSSR count). The van der Waals surface area contributed by atoms with Crippen molar-refractivity contribution in [3.63, 3.8) is 0 Å². The molecule has 0 bridgehead atoms. The van der Waals surface area contributed by atoms with Gasteiger partial charge < -0.3 is 10.5 Å². The zero-order chi connectivity index (χ0) is 14.3. The highest BCUT2D eigenvalue weighted by atomic mass is 35.5. The van der Waals surface area contributed by atoms with Crippen molar-refractivity contribution in [3.8, 4) is 5.75 Å². The molecule has 2 aromatic carbocycles. The predicted octanol–water partition coefficient (Wildman–Crippen LogP) is 2.93. The van der Waals surface area contributed by atoms with E-state index in [1.54, 1.807) is 36.4 Å². The van der Waals surface area contributed by atoms with Crippen molar-refractivity contribution in [2.75, 3.05) is 12.0 Å². The van der Waals surface area contributed by atoms with Crippen molar-refractivity contribution in [2.45, 2.75) is 6.04 Å². The second-order valence-corrected chi connectivity index (χ2v) is 4.53. The number of anilines is 2. The Morgan fingerprint density at radius 3 is 2.57 bits per heavy atom. The molecule has 2 aromatic rings. The Hall–Kier alpha value is -2.11. The number of ether oxygens (including phenoxy) is 1. The van der Waals surface area contributed by atoms with Gasteiger partial charge in [0.15, 0.2) is 0 Å². The van der Waals surface area contributed by atoms with Gasteiger partial charge in [0.1, 0.15) is 17.6 Å². The van der Waals surface area contributed by atoms with Gasteiger partial charge >= 0.3 is 0 Å². The summed E-state index contributed by atoms with van der Waals surface area (Å²) in [6.07, 6.45) is 0. The summed E-state index contributed by atoms with van der Waals surface area (Å²) in [5, 5.41) is 0. The maximum absolute atomic E-state index is 14.0. The molecular weight excluding hydrogens is 295 g/mol. The molecule has 6 heteroatoms. The zero-order valence-corrected chi connectivity index (χ0v) is 12.1. The van der Waals surface area contributed by atoms with Crippen LogP contribution in [0.1, 0.15) is 11.6 Å². The van der Waals surface area contributed by atoms with Crippen molar-refractivity contribution in [2.24, 2.45) is 5.73 Å². The monoisotopic (exact) mass is 308 g/mol. The molecule has 0 spiro atoms. The Morgan fingerprint density at radius 1 is 1.19 bits per heavy atom. The van der Waals surface area contributed by atoms with Crippen LogP contribution in [0.4, 0.5) is 15.8 Å². The molecule has 1 amide bonds. The zero-order valence-electron chi connectivity index (χ0n) is 11.2. The summed E-state index contributed by atoms with van der Waals surface area (Å²) in [6, 6.07) is 10.5. The number of nitrogens with zero attached hydrogens (tertiary/aromatic N) is 1. The number of rotatable bonds is 2. The van der Waals surface area contributed by atoms with Gasteiger partial charge in [-0.15, -0.1) is 12.4 Å². The minimum Gasteiger partial charge on any atom is -0.497 e. The first-order valence-electron chi connectivity index (χ1n) is 6.15. The number of amides is 1. The Bertz CT molecular complexity index is 693. The average Bonchev–Trinajstić information content (AvgIpc) is 2.71. The van der Waals surface area contributed by atoms with Gasteiger partial charge in [0, 0.05) is 11.6 Å². The fourth-order valence-corrected chi connectivity index (χ4v) is 2.38. The summed E-state index contributed by atoms with van der Waals surface area (Å²) in [4.78, 5) is 13.6. The lowest BCUT2D eigenvalue weighted by Crippen LogP contribution is -2.28. The number of hydrogen-bond acceptors (Lipinski definition) is 3. The molecule has 0 saturated heterocycles. The molecule has 110 valence electrons. The predicted molar refractivity (Wildman–Crippen MR) is 80.7 cm³/mol. The summed E-state index contributed by atoms with van der Waals surface area (Å²) in [6.45, 7) is 0. The van der Waals surface area contributed by atoms with Crippen molar-refractivity contribution in [1.82, 2.24) is 0 Å². The number of methoxy groups -OCH3 is 1. The van der Waals surface area contributed by atoms with Crippen LogP contribution in [0.2, 0.25) is 0 Å². The third-order valence-corrected chi connectivity index (χ3v) is 3.39. The maximum atomic E-state index is 14.0. The molecule has 21 heavy (non-hydrogen) atoms. The average molecular weight is 309 g/mol. The van der Waals surface area contributed by atoms with Crippen LogP contribution in [0, 0.1) is 5.82 Å². The first-order valence-corrected chi connectivity index (χ1v) is 6.15. The number of halogens is 2. The molecule has 4 nitrogen and oxygen atoms in total. The van der Waals surface area contributed by atoms with Crippen molar-refractivity contribution < 1.29 is 13.9 Å². The first-order chi connectivity index (χ1) is 9.63. The minimum atomic E-state index is -0.782. The molecule has 0 aliphatic carbocycles. The number of benzene rings is 2. The molecule has 0 aromatic heterocycles. The first kappa shape index (κ1) is 15.3. The largest absolute Gasteiger partial charge is 0.497 e. The van der Waals surface area contributed by atoms with Gasteiger partial charge in [-0.2, -0.15) is 0 Å². The molecule has 2 N–H and O–H groups in total. The van der Waals surface area contributed by atoms with Gasteiger partial charge in [0.25, 0.3) is 5.91 Å². The molecule has 1 atom stereocenters. The van der Waals surface area contributed by atoms with E-state index in [4.69, 9.17) is 10.5 Å². The highest BCUT2D eigenvalue weighted by Crippen LogP contribution is 2.42. The van der Waals surface area contributed by atoms with E-state index in [2.05, 4.69) is 0 Å². The summed E-state index contributed by atoms with van der Waals surface area (Å²) in [5.74, 6) is -0.228. The SMILES string of the molecule is COc1ccc2c(c1)N(c1ccccc1F)C(=O)C2N.Cl. The lowest BCUT2D eigenvalue weighted by atomic mass is 10.1. The molecule has 1 unspecified atom stereocenters. The third-order valence-electron chi connectivity index (χ3n) is 3.39. The molecular formula is C15H14ClFN2O2. The van der Waals surface area contributed by atoms with Gasteiger partial charge in [0.05, 0.1) is 18.5 Å². The van der Waals surface area contributed by atoms with Crippen LogP contribution in [0.3, 0.4) is 0 Å². The summed E-state index contributed by atoms with van der Waals surface area (Å²) < 4.78 is 19.1. The molecule has 0 radical (unpaired) electrons. The molecule has 1 heterocycles. The van der Waals surface area contributed by atoms with E-state index >= 15 is 0 Å². The second kappa shape index (κ2) is 5.71. The minimum absolute atomic E-state index is 0. The number of carbonyl (C=O) groups excluding carboxylic acids is 1. The lowest BCUT2D eigenvalue weighted by molar-refractivity contribution is -0.118. The topological polar surface area (TPSA) is 55.6 Å². The Morgan fingerprint density at radius 2 is 1.90 bits per heavy atom. The molecule has 0 fully saturated rings. The lowest BCUT2D eigenvalue weighted by Gasteiger charge is -2.18. The summed E-state index contributed by atoms with van der Waals surface area (Å²) >= 11 is 0. The van der Waals surface area contributed by atoms with E-state index in [1.165, 1.54) is 18.1 Å². The fourth-order valence-electron chi connectivity index (χ4n) is 2.38. The van der Waals surface area contributed by atoms with Crippen LogP contribution in [0.15, 0.2) is 42.5 Å². The Balaban J connectivity index is 0.00000161. The normalized spacial score (nSPS) is 16.4. The van der Waals surface area contributed by atoms with E-state index < -0.39 is 11.9 Å². The van der Waals surface area contributed by atoms with Crippen LogP contribution >= 0.6 is 12.4 Å². The quantitative estimate of drug-likeness (QED) is 0.928. The van der Waals surface area contributed by atoms with Crippen molar-refractivity contribution in [1.29, 1.82) is 0 Å². The van der Waals surface area contributed by atoms with E-state index in [-0.39, 0.29) is 24.0 Å². The molecule has 1 aliphatic rings. The second-order valence-electron chi connectivity index (χ2n) is 4.53. The van der Waals surface area contributed by atoms with E-state index in [9.17, 15) is 9.18 Å². The van der Waals surface area contributed by atoms with Crippen molar-refractivity contribution in [3.05, 3.63) is 53.8 Å². The standard InChI is InChI=1S/C15H13FN2O2.ClH/c1-20-9-6-7-10-13(8-9)18(15(19)14(10)17)12-5-3-2-4-11(12)16;/h2-8,14H,17H2,1H3;1H. The summed E-state index contributed by atoms with van der Waals surface area (Å²) in [7, 11) is 1.53. The number of hydrogen-bond donors (Lipinski definition) is 1. The molecule has 0 saturated carbocycles. The molecule has 1 aliphatic heterocycles. The number of fused-ring (bicyclic) bond motifs is 1. The highest BCUT2D eigenvalue weighted by Gasteiger charge is 2.37. The van der Waals surface area contributed by atoms with Crippen molar-refractivity contribution >= 4 is 29.7 Å². The van der Waals surface area contributed by atoms with Crippen LogP contribution in [0.5, 0.6) is 5.75 Å². The smallest absolute Gasteiger partial charge is 0.253 e. The van der Waals surface area contributed by atoms with Gasteiger partial charge in [0.2, 0.25) is 0 Å². The van der Waals surface area contributed by atoms with Gasteiger partial charge in [-0.25, -0.2) is 4.39 Å². The number of carbonyl (C=O) groups is 1. The summed E-state index contributed by atoms with van der Waals surface area (Å²) in [5.41, 5.74) is 7.33. The highest BCUT2D eigenvalue weighted by molar-refractivity contribution is 6.10. The maximum Gasteiger partial charge on any atom is 0.253 e. The van der Waals surface area contributed by atoms with Crippen LogP contribution in [-0.2, 0) is 4.79 Å². The Kier molecular flexibility index (Phi) is 4.16. The number of para-hydroxylation sites is 1. The van der Waals surface area contributed by atoms with E-state index in [0.29, 0.717) is 17.0 Å². The van der Waals surface area contributed by atoms with E-state index in [1.807, 2.05) is 0 Å².